The zero-order chi connectivity index (χ0) is 11.0. The average Bonchev–Trinajstić information content (AvgIpc) is 2.52. The van der Waals surface area contributed by atoms with E-state index in [2.05, 4.69) is 10.2 Å². The minimum Gasteiger partial charge on any atom is -0.272 e. The Bertz CT molecular complexity index is 556. The van der Waals surface area contributed by atoms with E-state index in [4.69, 9.17) is 12.2 Å². The molecule has 2 rings (SSSR count). The van der Waals surface area contributed by atoms with Gasteiger partial charge in [-0.25, -0.2) is 4.39 Å². The molecule has 0 spiro atoms. The molecule has 5 heteroatoms. The Hall–Kier alpha value is -1.49. The molecule has 1 aromatic heterocycles. The van der Waals surface area contributed by atoms with E-state index >= 15 is 0 Å². The molecular formula is C10H10FN3S. The van der Waals surface area contributed by atoms with Crippen molar-refractivity contribution in [3.05, 3.63) is 40.2 Å². The van der Waals surface area contributed by atoms with Crippen LogP contribution in [0.4, 0.5) is 4.39 Å². The molecule has 0 aliphatic carbocycles. The first kappa shape index (κ1) is 10.0. The number of hydrogen-bond acceptors (Lipinski definition) is 2. The monoisotopic (exact) mass is 223 g/mol. The van der Waals surface area contributed by atoms with E-state index in [0.717, 1.165) is 11.5 Å². The van der Waals surface area contributed by atoms with Gasteiger partial charge in [0.05, 0.1) is 5.69 Å². The van der Waals surface area contributed by atoms with E-state index in [1.54, 1.807) is 23.6 Å². The SMILES string of the molecule is Cc1cc(-n2c(C)n[nH]c2=S)ccc1F. The van der Waals surface area contributed by atoms with E-state index < -0.39 is 0 Å². The van der Waals surface area contributed by atoms with Crippen LogP contribution in [0.5, 0.6) is 0 Å². The standard InChI is InChI=1S/C10H10FN3S/c1-6-5-8(3-4-9(6)11)14-7(2)12-13-10(14)15/h3-5H,1-2H3,(H,13,15). The normalized spacial score (nSPS) is 10.6. The maximum atomic E-state index is 13.1. The molecule has 0 atom stereocenters. The predicted molar refractivity (Wildman–Crippen MR) is 58.2 cm³/mol. The fraction of sp³-hybridized carbons (Fsp3) is 0.200. The molecular weight excluding hydrogens is 213 g/mol. The molecule has 1 aromatic carbocycles. The fourth-order valence-corrected chi connectivity index (χ4v) is 1.73. The van der Waals surface area contributed by atoms with E-state index in [1.807, 2.05) is 6.92 Å². The van der Waals surface area contributed by atoms with E-state index in [0.29, 0.717) is 10.3 Å². The van der Waals surface area contributed by atoms with Gasteiger partial charge in [-0.1, -0.05) is 0 Å². The summed E-state index contributed by atoms with van der Waals surface area (Å²) >= 11 is 5.08. The number of aromatic nitrogens is 3. The maximum Gasteiger partial charge on any atom is 0.199 e. The number of nitrogens with zero attached hydrogens (tertiary/aromatic N) is 2. The number of halogens is 1. The van der Waals surface area contributed by atoms with Gasteiger partial charge < -0.3 is 0 Å². The highest BCUT2D eigenvalue weighted by molar-refractivity contribution is 7.71. The summed E-state index contributed by atoms with van der Waals surface area (Å²) in [6, 6.07) is 4.85. The van der Waals surface area contributed by atoms with Crippen LogP contribution in [-0.4, -0.2) is 14.8 Å². The van der Waals surface area contributed by atoms with Crippen LogP contribution in [0.1, 0.15) is 11.4 Å². The lowest BCUT2D eigenvalue weighted by molar-refractivity contribution is 0.618. The largest absolute Gasteiger partial charge is 0.272 e. The molecule has 0 bridgehead atoms. The van der Waals surface area contributed by atoms with Crippen LogP contribution in [-0.2, 0) is 0 Å². The Morgan fingerprint density at radius 1 is 1.40 bits per heavy atom. The lowest BCUT2D eigenvalue weighted by atomic mass is 10.2. The van der Waals surface area contributed by atoms with Crippen molar-refractivity contribution < 1.29 is 4.39 Å². The second-order valence-corrected chi connectivity index (χ2v) is 3.73. The molecule has 1 heterocycles. The number of hydrogen-bond donors (Lipinski definition) is 1. The smallest absolute Gasteiger partial charge is 0.199 e. The van der Waals surface area contributed by atoms with E-state index in [1.165, 1.54) is 6.07 Å². The van der Waals surface area contributed by atoms with Gasteiger partial charge in [-0.15, -0.1) is 0 Å². The number of rotatable bonds is 1. The van der Waals surface area contributed by atoms with Gasteiger partial charge in [0, 0.05) is 0 Å². The first-order chi connectivity index (χ1) is 7.09. The molecule has 0 saturated heterocycles. The molecule has 1 N–H and O–H groups in total. The average molecular weight is 223 g/mol. The summed E-state index contributed by atoms with van der Waals surface area (Å²) in [4.78, 5) is 0. The number of aryl methyl sites for hydroxylation is 2. The molecule has 15 heavy (non-hydrogen) atoms. The van der Waals surface area contributed by atoms with E-state index in [-0.39, 0.29) is 5.82 Å². The second kappa shape index (κ2) is 3.58. The number of benzene rings is 1. The summed E-state index contributed by atoms with van der Waals surface area (Å²) in [6.45, 7) is 3.56. The van der Waals surface area contributed by atoms with Crippen molar-refractivity contribution in [3.8, 4) is 5.69 Å². The summed E-state index contributed by atoms with van der Waals surface area (Å²) in [5, 5.41) is 6.69. The number of aromatic amines is 1. The van der Waals surface area contributed by atoms with Crippen molar-refractivity contribution >= 4 is 12.2 Å². The van der Waals surface area contributed by atoms with Crippen molar-refractivity contribution in [2.45, 2.75) is 13.8 Å². The molecule has 0 fully saturated rings. The Kier molecular flexibility index (Phi) is 2.40. The van der Waals surface area contributed by atoms with Crippen LogP contribution in [0.25, 0.3) is 5.69 Å². The minimum atomic E-state index is -0.216. The summed E-state index contributed by atoms with van der Waals surface area (Å²) in [5.74, 6) is 0.539. The Balaban J connectivity index is 2.65. The lowest BCUT2D eigenvalue weighted by Crippen LogP contribution is -1.98. The highest BCUT2D eigenvalue weighted by Gasteiger charge is 2.05. The fourth-order valence-electron chi connectivity index (χ4n) is 1.45. The summed E-state index contributed by atoms with van der Waals surface area (Å²) in [6.07, 6.45) is 0. The molecule has 78 valence electrons. The molecule has 0 amide bonds. The summed E-state index contributed by atoms with van der Waals surface area (Å²) in [5.41, 5.74) is 1.42. The van der Waals surface area contributed by atoms with Gasteiger partial charge in [-0.05, 0) is 49.8 Å². The van der Waals surface area contributed by atoms with Gasteiger partial charge in [-0.3, -0.25) is 9.67 Å². The predicted octanol–water partition coefficient (Wildman–Crippen LogP) is 2.69. The van der Waals surface area contributed by atoms with Crippen molar-refractivity contribution in [2.24, 2.45) is 0 Å². The third-order valence-electron chi connectivity index (χ3n) is 2.24. The van der Waals surface area contributed by atoms with Gasteiger partial charge in [0.25, 0.3) is 0 Å². The van der Waals surface area contributed by atoms with Gasteiger partial charge in [0.15, 0.2) is 4.77 Å². The maximum absolute atomic E-state index is 13.1. The molecule has 0 unspecified atom stereocenters. The van der Waals surface area contributed by atoms with Gasteiger partial charge in [-0.2, -0.15) is 5.10 Å². The molecule has 0 saturated carbocycles. The third-order valence-corrected chi connectivity index (χ3v) is 2.51. The van der Waals surface area contributed by atoms with Crippen LogP contribution in [0.2, 0.25) is 0 Å². The van der Waals surface area contributed by atoms with Crippen molar-refractivity contribution in [2.75, 3.05) is 0 Å². The highest BCUT2D eigenvalue weighted by Crippen LogP contribution is 2.14. The van der Waals surface area contributed by atoms with Crippen LogP contribution in [0.15, 0.2) is 18.2 Å². The van der Waals surface area contributed by atoms with Crippen LogP contribution in [0.3, 0.4) is 0 Å². The molecule has 0 aliphatic heterocycles. The quantitative estimate of drug-likeness (QED) is 0.754. The zero-order valence-corrected chi connectivity index (χ0v) is 9.23. The first-order valence-corrected chi connectivity index (χ1v) is 4.91. The van der Waals surface area contributed by atoms with Crippen molar-refractivity contribution in [1.29, 1.82) is 0 Å². The topological polar surface area (TPSA) is 33.6 Å². The van der Waals surface area contributed by atoms with Crippen LogP contribution in [0, 0.1) is 24.4 Å². The van der Waals surface area contributed by atoms with Crippen LogP contribution >= 0.6 is 12.2 Å². The molecule has 0 aliphatic rings. The van der Waals surface area contributed by atoms with Gasteiger partial charge in [0.1, 0.15) is 11.6 Å². The van der Waals surface area contributed by atoms with Gasteiger partial charge in [0.2, 0.25) is 0 Å². The van der Waals surface area contributed by atoms with Crippen molar-refractivity contribution in [3.63, 3.8) is 0 Å². The third kappa shape index (κ3) is 1.70. The molecule has 0 radical (unpaired) electrons. The number of nitrogens with one attached hydrogen (secondary N) is 1. The second-order valence-electron chi connectivity index (χ2n) is 3.34. The first-order valence-electron chi connectivity index (χ1n) is 4.50. The molecule has 2 aromatic rings. The van der Waals surface area contributed by atoms with Crippen molar-refractivity contribution in [1.82, 2.24) is 14.8 Å². The Morgan fingerprint density at radius 2 is 2.13 bits per heavy atom. The summed E-state index contributed by atoms with van der Waals surface area (Å²) < 4.78 is 15.4. The zero-order valence-electron chi connectivity index (χ0n) is 8.41. The summed E-state index contributed by atoms with van der Waals surface area (Å²) in [7, 11) is 0. The Morgan fingerprint density at radius 3 is 2.67 bits per heavy atom. The Labute approximate surface area is 91.6 Å². The van der Waals surface area contributed by atoms with E-state index in [9.17, 15) is 4.39 Å². The molecule has 3 nitrogen and oxygen atoms in total. The lowest BCUT2D eigenvalue weighted by Gasteiger charge is -2.05. The minimum absolute atomic E-state index is 0.216. The highest BCUT2D eigenvalue weighted by atomic mass is 32.1. The van der Waals surface area contributed by atoms with Crippen LogP contribution < -0.4 is 0 Å². The number of H-pyrrole nitrogens is 1. The van der Waals surface area contributed by atoms with Gasteiger partial charge >= 0.3 is 0 Å².